The number of allylic oxidation sites excluding steroid dienone is 2. The van der Waals surface area contributed by atoms with Gasteiger partial charge in [0.1, 0.15) is 0 Å². The van der Waals surface area contributed by atoms with Crippen LogP contribution in [0, 0.1) is 5.41 Å². The minimum atomic E-state index is -5.42. The average Bonchev–Trinajstić information content (AvgIpc) is 3.20. The number of anilines is 1. The van der Waals surface area contributed by atoms with Crippen LogP contribution in [0.1, 0.15) is 70.7 Å². The fourth-order valence-corrected chi connectivity index (χ4v) is 6.41. The van der Waals surface area contributed by atoms with E-state index in [1.54, 1.807) is 23.5 Å². The second-order valence-corrected chi connectivity index (χ2v) is 68.9. The Labute approximate surface area is 251 Å². The summed E-state index contributed by atoms with van der Waals surface area (Å²) in [4.78, 5) is 0. The average molecular weight is 806 g/mol. The van der Waals surface area contributed by atoms with Crippen LogP contribution in [0.3, 0.4) is 0 Å². The van der Waals surface area contributed by atoms with Gasteiger partial charge in [-0.05, 0) is 79.9 Å². The summed E-state index contributed by atoms with van der Waals surface area (Å²) in [5.41, 5.74) is 3.69. The second-order valence-electron chi connectivity index (χ2n) is 9.77. The van der Waals surface area contributed by atoms with E-state index < -0.39 is 9.14 Å². The molecule has 0 spiro atoms. The molecule has 0 aliphatic heterocycles. The molecule has 2 aromatic rings. The van der Waals surface area contributed by atoms with Crippen molar-refractivity contribution in [2.75, 3.05) is 5.32 Å². The Kier molecular flexibility index (Phi) is 10.0. The zero-order valence-corrected chi connectivity index (χ0v) is 30.0. The summed E-state index contributed by atoms with van der Waals surface area (Å²) in [5, 5.41) is 12.3. The Bertz CT molecular complexity index is 1130. The molecule has 1 saturated carbocycles. The number of aromatic nitrogens is 2. The van der Waals surface area contributed by atoms with Crippen LogP contribution in [0.15, 0.2) is 17.7 Å². The molecule has 0 saturated heterocycles. The number of benzene rings is 1. The first kappa shape index (κ1) is 32.3. The van der Waals surface area contributed by atoms with Gasteiger partial charge >= 0.3 is 67.2 Å². The van der Waals surface area contributed by atoms with Gasteiger partial charge in [0.15, 0.2) is 10.7 Å². The molecule has 36 heavy (non-hydrogen) atoms. The van der Waals surface area contributed by atoms with Gasteiger partial charge in [-0.25, -0.2) is 0 Å². The summed E-state index contributed by atoms with van der Waals surface area (Å²) >= 11 is 21.0. The predicted molar refractivity (Wildman–Crippen MR) is 166 cm³/mol. The molecule has 2 aliphatic carbocycles. The van der Waals surface area contributed by atoms with E-state index in [2.05, 4.69) is 26.1 Å². The molecule has 0 atom stereocenters. The van der Waals surface area contributed by atoms with Gasteiger partial charge in [-0.1, -0.05) is 70.4 Å². The van der Waals surface area contributed by atoms with Crippen molar-refractivity contribution in [1.29, 1.82) is 0 Å². The van der Waals surface area contributed by atoms with Crippen molar-refractivity contribution in [3.05, 3.63) is 37.8 Å². The fraction of sp³-hybridized carbons (Fsp3) is 0.545. The third-order valence-corrected chi connectivity index (χ3v) is 8.23. The van der Waals surface area contributed by atoms with Crippen LogP contribution in [0.5, 0.6) is 0 Å². The van der Waals surface area contributed by atoms with Gasteiger partial charge in [0, 0.05) is 5.02 Å². The van der Waals surface area contributed by atoms with Crippen molar-refractivity contribution in [3.63, 3.8) is 0 Å². The van der Waals surface area contributed by atoms with Crippen LogP contribution in [0.25, 0.3) is 11.3 Å². The van der Waals surface area contributed by atoms with Crippen LogP contribution in [0.4, 0.5) is 5.13 Å². The summed E-state index contributed by atoms with van der Waals surface area (Å²) in [6.07, 6.45) is 8.43. The first-order valence-corrected chi connectivity index (χ1v) is 32.7. The van der Waals surface area contributed by atoms with E-state index >= 15 is 0 Å². The summed E-state index contributed by atoms with van der Waals surface area (Å²) in [5.74, 6) is 0. The van der Waals surface area contributed by atoms with Gasteiger partial charge < -0.3 is 0 Å². The van der Waals surface area contributed by atoms with E-state index in [-0.39, 0.29) is 5.41 Å². The Morgan fingerprint density at radius 2 is 1.50 bits per heavy atom. The second kappa shape index (κ2) is 11.2. The van der Waals surface area contributed by atoms with Crippen molar-refractivity contribution < 1.29 is 4.68 Å². The fourth-order valence-electron chi connectivity index (χ4n) is 4.30. The molecule has 1 N–H and O–H groups in total. The predicted octanol–water partition coefficient (Wildman–Crippen LogP) is 11.5. The van der Waals surface area contributed by atoms with Gasteiger partial charge in [0.2, 0.25) is 0 Å². The molecule has 3 nitrogen and oxygen atoms in total. The molecule has 1 aromatic carbocycles. The SMILES string of the molecule is CC1=C(c2n[n+](-c3c(Cl)cc(Cl)cc3Cl)c(NC3CCCCC3)s2)CCC1(C)C.[Cl][Sb-]([Cl])([Cl])([Cl])([Cl])[Cl]. The normalized spacial score (nSPS) is 20.4. The standard InChI is InChI=1S/C22H26Cl3N3S.6ClH.Sb/c1-13-16(9-10-22(13,2)3)20-27-28(19-17(24)11-14(23)12-18(19)25)21(29-20)26-15-7-5-4-6-8-15;;;;;;;/h11-12,15H,4-10H2,1-3H3;6*1H;/q;;;;;;;+5/p-5. The quantitative estimate of drug-likeness (QED) is 0.246. The third kappa shape index (κ3) is 9.99. The molecule has 4 rings (SSSR count). The molecule has 0 unspecified atom stereocenters. The number of hydrogen-bond acceptors (Lipinski definition) is 3. The maximum atomic E-state index is 6.56. The molecular weight excluding hydrogens is 779 g/mol. The van der Waals surface area contributed by atoms with Gasteiger partial charge in [0.25, 0.3) is 0 Å². The number of nitrogens with zero attached hydrogens (tertiary/aromatic N) is 2. The molecular formula is C22H27Cl9N3SSb. The number of halogens is 9. The van der Waals surface area contributed by atoms with Crippen molar-refractivity contribution >= 4 is 119 Å². The summed E-state index contributed by atoms with van der Waals surface area (Å²) in [6.45, 7) is 6.86. The van der Waals surface area contributed by atoms with E-state index in [0.29, 0.717) is 26.8 Å². The number of hydrogen-bond donors (Lipinski definition) is 1. The van der Waals surface area contributed by atoms with E-state index in [1.165, 1.54) is 43.3 Å². The summed E-state index contributed by atoms with van der Waals surface area (Å²) in [6, 6.07) is 3.91. The van der Waals surface area contributed by atoms with Crippen molar-refractivity contribution in [3.8, 4) is 5.69 Å². The Morgan fingerprint density at radius 3 is 1.97 bits per heavy atom. The first-order chi connectivity index (χ1) is 16.2. The van der Waals surface area contributed by atoms with E-state index in [1.807, 2.05) is 4.68 Å². The molecule has 204 valence electrons. The Morgan fingerprint density at radius 1 is 0.972 bits per heavy atom. The van der Waals surface area contributed by atoms with Gasteiger partial charge in [-0.2, -0.15) is 0 Å². The molecule has 0 amide bonds. The molecule has 1 fully saturated rings. The van der Waals surface area contributed by atoms with Crippen LogP contribution in [-0.4, -0.2) is 20.3 Å². The molecule has 2 aliphatic rings. The van der Waals surface area contributed by atoms with Crippen LogP contribution in [-0.2, 0) is 0 Å². The van der Waals surface area contributed by atoms with Crippen LogP contribution < -0.4 is 10.00 Å². The third-order valence-electron chi connectivity index (χ3n) is 6.43. The molecule has 14 heteroatoms. The monoisotopic (exact) mass is 801 g/mol. The molecule has 1 aromatic heterocycles. The van der Waals surface area contributed by atoms with Gasteiger partial charge in [-0.15, -0.1) is 0 Å². The first-order valence-electron chi connectivity index (χ1n) is 11.3. The number of rotatable bonds is 4. The zero-order chi connectivity index (χ0) is 27.2. The van der Waals surface area contributed by atoms with Crippen molar-refractivity contribution in [2.45, 2.75) is 71.8 Å². The molecule has 1 heterocycles. The topological polar surface area (TPSA) is 28.8 Å². The summed E-state index contributed by atoms with van der Waals surface area (Å²) < 4.78 is 1.89. The maximum absolute atomic E-state index is 6.56. The van der Waals surface area contributed by atoms with Crippen LogP contribution >= 0.6 is 99.1 Å². The van der Waals surface area contributed by atoms with E-state index in [0.717, 1.165) is 23.0 Å². The molecule has 0 bridgehead atoms. The van der Waals surface area contributed by atoms with Gasteiger partial charge in [-0.3, -0.25) is 5.32 Å². The Balaban J connectivity index is 0.000000454. The Hall–Kier alpha value is 1.75. The zero-order valence-electron chi connectivity index (χ0n) is 19.8. The van der Waals surface area contributed by atoms with Crippen molar-refractivity contribution in [2.24, 2.45) is 5.41 Å². The summed E-state index contributed by atoms with van der Waals surface area (Å²) in [7, 11) is 25.0. The van der Waals surface area contributed by atoms with E-state index in [9.17, 15) is 0 Å². The minimum absolute atomic E-state index is 0.221. The molecule has 0 radical (unpaired) electrons. The van der Waals surface area contributed by atoms with Gasteiger partial charge in [0.05, 0.1) is 16.1 Å². The number of nitrogens with one attached hydrogen (secondary N) is 1. The van der Waals surface area contributed by atoms with Crippen LogP contribution in [0.2, 0.25) is 15.1 Å². The van der Waals surface area contributed by atoms with E-state index in [4.69, 9.17) is 92.9 Å². The van der Waals surface area contributed by atoms with Crippen molar-refractivity contribution in [1.82, 2.24) is 5.10 Å².